The zero-order chi connectivity index (χ0) is 14.8. The van der Waals surface area contributed by atoms with Crippen molar-refractivity contribution in [2.24, 2.45) is 0 Å². The summed E-state index contributed by atoms with van der Waals surface area (Å²) < 4.78 is 0. The fourth-order valence-electron chi connectivity index (χ4n) is 2.01. The van der Waals surface area contributed by atoms with Crippen LogP contribution in [-0.2, 0) is 0 Å². The monoisotopic (exact) mass is 296 g/mol. The third-order valence-electron chi connectivity index (χ3n) is 3.16. The van der Waals surface area contributed by atoms with Gasteiger partial charge in [0.2, 0.25) is 0 Å². The molecule has 0 fully saturated rings. The predicted molar refractivity (Wildman–Crippen MR) is 84.4 cm³/mol. The number of non-ortho nitro benzene ring substituents is 1. The van der Waals surface area contributed by atoms with Crippen LogP contribution in [0.5, 0.6) is 0 Å². The Hall–Kier alpha value is -2.53. The van der Waals surface area contributed by atoms with Crippen LogP contribution < -0.4 is 0 Å². The third kappa shape index (κ3) is 2.83. The minimum absolute atomic E-state index is 0.0809. The number of aromatic nitrogens is 1. The fourth-order valence-corrected chi connectivity index (χ4v) is 2.85. The van der Waals surface area contributed by atoms with Gasteiger partial charge in [-0.3, -0.25) is 10.1 Å². The van der Waals surface area contributed by atoms with Gasteiger partial charge in [0, 0.05) is 28.6 Å². The van der Waals surface area contributed by atoms with Crippen molar-refractivity contribution in [2.75, 3.05) is 0 Å². The minimum Gasteiger partial charge on any atom is -0.258 e. The first-order valence-corrected chi connectivity index (χ1v) is 7.29. The lowest BCUT2D eigenvalue weighted by Crippen LogP contribution is -1.88. The van der Waals surface area contributed by atoms with E-state index in [0.717, 1.165) is 21.8 Å². The van der Waals surface area contributed by atoms with Crippen molar-refractivity contribution in [1.29, 1.82) is 0 Å². The second-order valence-electron chi connectivity index (χ2n) is 4.71. The zero-order valence-electron chi connectivity index (χ0n) is 11.3. The molecule has 4 nitrogen and oxygen atoms in total. The van der Waals surface area contributed by atoms with Crippen molar-refractivity contribution >= 4 is 17.0 Å². The molecule has 0 aliphatic heterocycles. The van der Waals surface area contributed by atoms with Crippen molar-refractivity contribution in [3.8, 4) is 21.8 Å². The number of hydrogen-bond donors (Lipinski definition) is 0. The molecule has 0 aliphatic carbocycles. The number of aryl methyl sites for hydroxylation is 1. The van der Waals surface area contributed by atoms with Gasteiger partial charge in [0.15, 0.2) is 0 Å². The first-order valence-electron chi connectivity index (χ1n) is 6.41. The van der Waals surface area contributed by atoms with Gasteiger partial charge in [0.05, 0.1) is 10.6 Å². The number of nitro benzene ring substituents is 1. The molecule has 0 radical (unpaired) electrons. The van der Waals surface area contributed by atoms with E-state index in [1.807, 2.05) is 42.6 Å². The summed E-state index contributed by atoms with van der Waals surface area (Å²) in [7, 11) is 0. The van der Waals surface area contributed by atoms with Gasteiger partial charge >= 0.3 is 0 Å². The second-order valence-corrected chi connectivity index (χ2v) is 5.57. The van der Waals surface area contributed by atoms with Crippen LogP contribution in [0.15, 0.2) is 53.9 Å². The number of rotatable bonds is 3. The van der Waals surface area contributed by atoms with Gasteiger partial charge < -0.3 is 0 Å². The molecule has 0 bridgehead atoms. The Morgan fingerprint density at radius 1 is 1.10 bits per heavy atom. The lowest BCUT2D eigenvalue weighted by Gasteiger charge is -1.98. The van der Waals surface area contributed by atoms with Gasteiger partial charge in [-0.2, -0.15) is 0 Å². The largest absolute Gasteiger partial charge is 0.270 e. The maximum Gasteiger partial charge on any atom is 0.270 e. The SMILES string of the molecule is Cc1ccc(-c2nc(-c3cccc([N+](=O)[O-])c3)cs2)cc1. The van der Waals surface area contributed by atoms with Gasteiger partial charge in [-0.1, -0.05) is 42.0 Å². The van der Waals surface area contributed by atoms with E-state index in [-0.39, 0.29) is 5.69 Å². The molecule has 0 saturated heterocycles. The van der Waals surface area contributed by atoms with Crippen molar-refractivity contribution in [3.05, 3.63) is 69.6 Å². The molecular formula is C16H12N2O2S. The molecule has 5 heteroatoms. The number of hydrogen-bond acceptors (Lipinski definition) is 4. The topological polar surface area (TPSA) is 56.0 Å². The lowest BCUT2D eigenvalue weighted by atomic mass is 10.1. The summed E-state index contributed by atoms with van der Waals surface area (Å²) in [5.74, 6) is 0. The number of nitrogens with zero attached hydrogens (tertiary/aromatic N) is 2. The molecule has 21 heavy (non-hydrogen) atoms. The Balaban J connectivity index is 1.96. The van der Waals surface area contributed by atoms with Gasteiger partial charge in [-0.15, -0.1) is 11.3 Å². The molecular weight excluding hydrogens is 284 g/mol. The molecule has 0 unspecified atom stereocenters. The molecule has 3 aromatic rings. The van der Waals surface area contributed by atoms with Gasteiger partial charge in [0.1, 0.15) is 5.01 Å². The van der Waals surface area contributed by atoms with E-state index < -0.39 is 4.92 Å². The highest BCUT2D eigenvalue weighted by Gasteiger charge is 2.10. The van der Waals surface area contributed by atoms with E-state index in [2.05, 4.69) is 4.98 Å². The molecule has 0 atom stereocenters. The first kappa shape index (κ1) is 13.5. The summed E-state index contributed by atoms with van der Waals surface area (Å²) in [6.45, 7) is 2.04. The summed E-state index contributed by atoms with van der Waals surface area (Å²) in [4.78, 5) is 15.0. The van der Waals surface area contributed by atoms with Crippen LogP contribution in [0.2, 0.25) is 0 Å². The van der Waals surface area contributed by atoms with Crippen LogP contribution in [-0.4, -0.2) is 9.91 Å². The summed E-state index contributed by atoms with van der Waals surface area (Å²) in [5.41, 5.74) is 3.87. The maximum absolute atomic E-state index is 10.8. The smallest absolute Gasteiger partial charge is 0.258 e. The highest BCUT2D eigenvalue weighted by molar-refractivity contribution is 7.13. The van der Waals surface area contributed by atoms with Crippen molar-refractivity contribution in [2.45, 2.75) is 6.92 Å². The van der Waals surface area contributed by atoms with Crippen LogP contribution in [0, 0.1) is 17.0 Å². The van der Waals surface area contributed by atoms with Crippen molar-refractivity contribution < 1.29 is 4.92 Å². The Morgan fingerprint density at radius 3 is 2.57 bits per heavy atom. The van der Waals surface area contributed by atoms with Gasteiger partial charge in [-0.05, 0) is 6.92 Å². The summed E-state index contributed by atoms with van der Waals surface area (Å²) in [6, 6.07) is 14.7. The van der Waals surface area contributed by atoms with Crippen molar-refractivity contribution in [1.82, 2.24) is 4.98 Å². The molecule has 104 valence electrons. The van der Waals surface area contributed by atoms with E-state index >= 15 is 0 Å². The molecule has 3 rings (SSSR count). The predicted octanol–water partition coefficient (Wildman–Crippen LogP) is 4.69. The summed E-state index contributed by atoms with van der Waals surface area (Å²) in [5, 5.41) is 13.7. The molecule has 0 aliphatic rings. The Morgan fingerprint density at radius 2 is 1.86 bits per heavy atom. The van der Waals surface area contributed by atoms with Crippen molar-refractivity contribution in [3.63, 3.8) is 0 Å². The number of nitro groups is 1. The van der Waals surface area contributed by atoms with E-state index in [9.17, 15) is 10.1 Å². The summed E-state index contributed by atoms with van der Waals surface area (Å²) in [6.07, 6.45) is 0. The zero-order valence-corrected chi connectivity index (χ0v) is 12.1. The van der Waals surface area contributed by atoms with Crippen LogP contribution in [0.3, 0.4) is 0 Å². The lowest BCUT2D eigenvalue weighted by molar-refractivity contribution is -0.384. The standard InChI is InChI=1S/C16H12N2O2S/c1-11-5-7-12(8-6-11)16-17-15(10-21-16)13-3-2-4-14(9-13)18(19)20/h2-10H,1H3. The van der Waals surface area contributed by atoms with Crippen LogP contribution in [0.4, 0.5) is 5.69 Å². The molecule has 1 heterocycles. The Bertz CT molecular complexity index is 794. The van der Waals surface area contributed by atoms with Crippen LogP contribution in [0.25, 0.3) is 21.8 Å². The van der Waals surface area contributed by atoms with Crippen LogP contribution >= 0.6 is 11.3 Å². The molecule has 0 spiro atoms. The van der Waals surface area contributed by atoms with Gasteiger partial charge in [-0.25, -0.2) is 4.98 Å². The average Bonchev–Trinajstić information content (AvgIpc) is 2.98. The number of thiazole rings is 1. The fraction of sp³-hybridized carbons (Fsp3) is 0.0625. The van der Waals surface area contributed by atoms with Crippen LogP contribution in [0.1, 0.15) is 5.56 Å². The summed E-state index contributed by atoms with van der Waals surface area (Å²) >= 11 is 1.54. The van der Waals surface area contributed by atoms with E-state index in [4.69, 9.17) is 0 Å². The molecule has 0 saturated carbocycles. The third-order valence-corrected chi connectivity index (χ3v) is 4.05. The molecule has 0 N–H and O–H groups in total. The van der Waals surface area contributed by atoms with E-state index in [0.29, 0.717) is 0 Å². The minimum atomic E-state index is -0.392. The highest BCUT2D eigenvalue weighted by Crippen LogP contribution is 2.30. The molecule has 1 aromatic heterocycles. The normalized spacial score (nSPS) is 10.5. The maximum atomic E-state index is 10.8. The molecule has 2 aromatic carbocycles. The second kappa shape index (κ2) is 5.46. The quantitative estimate of drug-likeness (QED) is 0.520. The Labute approximate surface area is 125 Å². The average molecular weight is 296 g/mol. The van der Waals surface area contributed by atoms with E-state index in [1.165, 1.54) is 23.0 Å². The van der Waals surface area contributed by atoms with E-state index in [1.54, 1.807) is 12.1 Å². The molecule has 0 amide bonds. The Kier molecular flexibility index (Phi) is 3.50. The highest BCUT2D eigenvalue weighted by atomic mass is 32.1. The number of benzene rings is 2. The first-order chi connectivity index (χ1) is 10.1. The van der Waals surface area contributed by atoms with Gasteiger partial charge in [0.25, 0.3) is 5.69 Å².